The Morgan fingerprint density at radius 3 is 2.49 bits per heavy atom. The number of rotatable bonds is 6. The molecule has 45 heavy (non-hydrogen) atoms. The van der Waals surface area contributed by atoms with E-state index in [1.807, 2.05) is 17.9 Å². The molecule has 4 fully saturated rings. The number of fused-ring (bicyclic) bond motifs is 7. The Balaban J connectivity index is 1.28. The number of aromatic nitrogens is 1. The number of likely N-dealkylation sites (tertiary alicyclic amines) is 1. The van der Waals surface area contributed by atoms with Crippen LogP contribution in [0.4, 0.5) is 0 Å². The van der Waals surface area contributed by atoms with Crippen LogP contribution in [-0.4, -0.2) is 69.6 Å². The molecule has 2 N–H and O–H groups in total. The summed E-state index contributed by atoms with van der Waals surface area (Å²) in [7, 11) is 1.71. The molecule has 9 heteroatoms. The third kappa shape index (κ3) is 4.97. The lowest BCUT2D eigenvalue weighted by molar-refractivity contribution is -0.141. The van der Waals surface area contributed by atoms with Crippen molar-refractivity contribution in [1.82, 2.24) is 18.5 Å². The number of methoxy groups -OCH3 is 1. The number of hydrogen-bond donors (Lipinski definition) is 2. The van der Waals surface area contributed by atoms with Gasteiger partial charge < -0.3 is 19.3 Å². The van der Waals surface area contributed by atoms with Crippen molar-refractivity contribution in [3.63, 3.8) is 0 Å². The molecule has 2 saturated carbocycles. The van der Waals surface area contributed by atoms with Gasteiger partial charge in [-0.1, -0.05) is 25.3 Å². The fourth-order valence-electron chi connectivity index (χ4n) is 8.47. The quantitative estimate of drug-likeness (QED) is 0.315. The highest BCUT2D eigenvalue weighted by Gasteiger charge is 2.64. The molecule has 2 atom stereocenters. The fraction of sp³-hybridized carbons (Fsp3) is 0.556. The van der Waals surface area contributed by atoms with Crippen LogP contribution in [0.2, 0.25) is 0 Å². The predicted octanol–water partition coefficient (Wildman–Crippen LogP) is 6.22. The number of nitrogens with zero attached hydrogens (tertiary/aromatic N) is 3. The number of ether oxygens (including phenoxy) is 1. The van der Waals surface area contributed by atoms with Crippen LogP contribution in [-0.2, 0) is 11.3 Å². The van der Waals surface area contributed by atoms with Gasteiger partial charge >= 0.3 is 0 Å². The summed E-state index contributed by atoms with van der Waals surface area (Å²) in [5.41, 5.74) is 5.44. The maximum atomic E-state index is 14.6. The van der Waals surface area contributed by atoms with Gasteiger partial charge in [-0.15, -0.1) is 0 Å². The average molecular weight is 629 g/mol. The Morgan fingerprint density at radius 2 is 1.78 bits per heavy atom. The van der Waals surface area contributed by atoms with E-state index in [9.17, 15) is 14.7 Å². The molecule has 3 aliphatic heterocycles. The number of nitrogens with one attached hydrogen (secondary N) is 1. The summed E-state index contributed by atoms with van der Waals surface area (Å²) in [5, 5.41) is 11.8. The molecule has 1 aromatic heterocycles. The molecule has 0 spiro atoms. The topological polar surface area (TPSA) is 87.0 Å². The van der Waals surface area contributed by atoms with E-state index in [0.717, 1.165) is 43.6 Å². The zero-order valence-electron chi connectivity index (χ0n) is 26.4. The third-order valence-electron chi connectivity index (χ3n) is 11.4. The van der Waals surface area contributed by atoms with Gasteiger partial charge in [-0.3, -0.25) is 14.3 Å². The molecule has 238 valence electrons. The van der Waals surface area contributed by atoms with Crippen molar-refractivity contribution in [3.05, 3.63) is 53.1 Å². The molecule has 0 bridgehead atoms. The normalized spacial score (nSPS) is 25.8. The molecule has 2 aromatic carbocycles. The van der Waals surface area contributed by atoms with Gasteiger partial charge in [0, 0.05) is 72.8 Å². The van der Waals surface area contributed by atoms with Gasteiger partial charge in [0.1, 0.15) is 5.75 Å². The number of benzene rings is 2. The standard InChI is InChI=1S/C36H44N4O4S/c1-35(43)13-17-38(18-14-35)34(42)36-21-29(36)28-20-25(44-2)10-12-26(28)32-31(23-7-4-3-5-8-23)27-11-9-24(19-30(27)40(32)22-36)33(41)37-45-39-15-6-16-39/h9-12,19-20,23,29,43H,3-8,13-18,21-22H2,1-2H3,(H,37,41). The maximum Gasteiger partial charge on any atom is 0.262 e. The van der Waals surface area contributed by atoms with Crippen LogP contribution in [0.15, 0.2) is 36.4 Å². The number of carbonyl (C=O) groups excluding carboxylic acids is 2. The first-order valence-electron chi connectivity index (χ1n) is 16.9. The lowest BCUT2D eigenvalue weighted by Crippen LogP contribution is -2.48. The van der Waals surface area contributed by atoms with Crippen LogP contribution in [0, 0.1) is 5.41 Å². The largest absolute Gasteiger partial charge is 0.497 e. The van der Waals surface area contributed by atoms with Crippen LogP contribution in [0.1, 0.15) is 98.0 Å². The summed E-state index contributed by atoms with van der Waals surface area (Å²) >= 11 is 1.40. The van der Waals surface area contributed by atoms with Crippen LogP contribution >= 0.6 is 12.1 Å². The van der Waals surface area contributed by atoms with Crippen molar-refractivity contribution >= 4 is 34.9 Å². The lowest BCUT2D eigenvalue weighted by Gasteiger charge is -2.38. The van der Waals surface area contributed by atoms with Crippen molar-refractivity contribution in [2.45, 2.75) is 88.7 Å². The summed E-state index contributed by atoms with van der Waals surface area (Å²) in [6.45, 7) is 5.62. The van der Waals surface area contributed by atoms with Gasteiger partial charge in [0.05, 0.1) is 23.8 Å². The second-order valence-electron chi connectivity index (χ2n) is 14.4. The van der Waals surface area contributed by atoms with E-state index < -0.39 is 11.0 Å². The van der Waals surface area contributed by atoms with E-state index in [1.165, 1.54) is 65.6 Å². The average Bonchev–Trinajstić information content (AvgIpc) is 3.70. The summed E-state index contributed by atoms with van der Waals surface area (Å²) in [6, 6.07) is 12.6. The molecule has 2 unspecified atom stereocenters. The van der Waals surface area contributed by atoms with E-state index in [1.54, 1.807) is 7.11 Å². The number of piperidine rings is 1. The zero-order chi connectivity index (χ0) is 30.9. The molecule has 8 rings (SSSR count). The maximum absolute atomic E-state index is 14.6. The Kier molecular flexibility index (Phi) is 7.22. The van der Waals surface area contributed by atoms with Crippen LogP contribution < -0.4 is 9.46 Å². The molecule has 4 heterocycles. The second-order valence-corrected chi connectivity index (χ2v) is 15.3. The summed E-state index contributed by atoms with van der Waals surface area (Å²) in [4.78, 5) is 30.0. The van der Waals surface area contributed by atoms with Gasteiger partial charge in [-0.25, -0.2) is 4.31 Å². The van der Waals surface area contributed by atoms with Gasteiger partial charge in [-0.05, 0) is 92.8 Å². The SMILES string of the molecule is COc1ccc2c(c1)C1CC1(C(=O)N1CCC(C)(O)CC1)Cn1c-2c(C2CCCCC2)c2ccc(C(=O)NSN3CCC3)cc21. The van der Waals surface area contributed by atoms with E-state index in [0.29, 0.717) is 44.0 Å². The first-order chi connectivity index (χ1) is 21.8. The first-order valence-corrected chi connectivity index (χ1v) is 17.6. The smallest absolute Gasteiger partial charge is 0.262 e. The molecule has 5 aliphatic rings. The highest BCUT2D eigenvalue weighted by atomic mass is 32.2. The fourth-order valence-corrected chi connectivity index (χ4v) is 9.24. The van der Waals surface area contributed by atoms with Crippen molar-refractivity contribution in [3.8, 4) is 17.0 Å². The van der Waals surface area contributed by atoms with Crippen LogP contribution in [0.3, 0.4) is 0 Å². The molecular weight excluding hydrogens is 584 g/mol. The minimum Gasteiger partial charge on any atom is -0.497 e. The van der Waals surface area contributed by atoms with E-state index in [-0.39, 0.29) is 17.7 Å². The second kappa shape index (κ2) is 11.1. The van der Waals surface area contributed by atoms with Gasteiger partial charge in [0.25, 0.3) is 5.91 Å². The van der Waals surface area contributed by atoms with Crippen molar-refractivity contribution in [2.24, 2.45) is 5.41 Å². The summed E-state index contributed by atoms with van der Waals surface area (Å²) in [5.74, 6) is 1.48. The van der Waals surface area contributed by atoms with Gasteiger partial charge in [0.15, 0.2) is 0 Å². The lowest BCUT2D eigenvalue weighted by atomic mass is 9.81. The van der Waals surface area contributed by atoms with E-state index >= 15 is 0 Å². The predicted molar refractivity (Wildman–Crippen MR) is 177 cm³/mol. The van der Waals surface area contributed by atoms with Gasteiger partial charge in [-0.2, -0.15) is 0 Å². The highest BCUT2D eigenvalue weighted by Crippen LogP contribution is 2.66. The van der Waals surface area contributed by atoms with Crippen LogP contribution in [0.5, 0.6) is 5.75 Å². The molecule has 2 saturated heterocycles. The molecule has 8 nitrogen and oxygen atoms in total. The molecule has 2 aliphatic carbocycles. The van der Waals surface area contributed by atoms with Crippen LogP contribution in [0.25, 0.3) is 22.2 Å². The molecular formula is C36H44N4O4S. The number of aliphatic hydroxyl groups is 1. The number of amides is 2. The molecule has 2 amide bonds. The molecule has 3 aromatic rings. The van der Waals surface area contributed by atoms with Crippen molar-refractivity contribution in [2.75, 3.05) is 33.3 Å². The first kappa shape index (κ1) is 29.4. The number of hydrogen-bond acceptors (Lipinski definition) is 6. The minimum atomic E-state index is -0.718. The Hall–Kier alpha value is -3.01. The highest BCUT2D eigenvalue weighted by molar-refractivity contribution is 7.95. The van der Waals surface area contributed by atoms with Crippen molar-refractivity contribution in [1.29, 1.82) is 0 Å². The third-order valence-corrected chi connectivity index (χ3v) is 12.3. The van der Waals surface area contributed by atoms with E-state index in [4.69, 9.17) is 4.74 Å². The Labute approximate surface area is 269 Å². The molecule has 0 radical (unpaired) electrons. The monoisotopic (exact) mass is 628 g/mol. The minimum absolute atomic E-state index is 0.0854. The Morgan fingerprint density at radius 1 is 1.00 bits per heavy atom. The zero-order valence-corrected chi connectivity index (χ0v) is 27.3. The summed E-state index contributed by atoms with van der Waals surface area (Å²) in [6.07, 6.45) is 9.21. The van der Waals surface area contributed by atoms with Crippen molar-refractivity contribution < 1.29 is 19.4 Å². The van der Waals surface area contributed by atoms with E-state index in [2.05, 4.69) is 43.9 Å². The van der Waals surface area contributed by atoms with Gasteiger partial charge in [0.2, 0.25) is 5.91 Å². The Bertz CT molecular complexity index is 1660. The summed E-state index contributed by atoms with van der Waals surface area (Å²) < 4.78 is 13.3. The number of carbonyl (C=O) groups is 2.